The van der Waals surface area contributed by atoms with Gasteiger partial charge in [0.15, 0.2) is 0 Å². The van der Waals surface area contributed by atoms with E-state index in [0.29, 0.717) is 19.3 Å². The minimum atomic E-state index is -3.54. The maximum atomic E-state index is 12.3. The van der Waals surface area contributed by atoms with Gasteiger partial charge in [0.1, 0.15) is 6.10 Å². The van der Waals surface area contributed by atoms with Crippen molar-refractivity contribution in [2.75, 3.05) is 13.2 Å². The van der Waals surface area contributed by atoms with E-state index >= 15 is 0 Å². The maximum Gasteiger partial charge on any atom is 0.315 e. The number of rotatable bonds is 8. The monoisotopic (exact) mass is 439 g/mol. The van der Waals surface area contributed by atoms with E-state index in [9.17, 15) is 18.3 Å². The Hall–Kier alpha value is -1.68. The first-order chi connectivity index (χ1) is 14.5. The molecule has 3 atom stereocenters. The Balaban J connectivity index is 1.42. The number of benzene rings is 1. The zero-order valence-corrected chi connectivity index (χ0v) is 18.1. The first kappa shape index (κ1) is 23.0. The fourth-order valence-corrected chi connectivity index (χ4v) is 5.26. The number of urea groups is 1. The molecule has 2 amide bonds. The third-order valence-electron chi connectivity index (χ3n) is 5.86. The summed E-state index contributed by atoms with van der Waals surface area (Å²) in [6.07, 6.45) is 6.76. The number of hydrogen-bond acceptors (Lipinski definition) is 5. The second-order valence-corrected chi connectivity index (χ2v) is 9.88. The number of sulfonamides is 1. The van der Waals surface area contributed by atoms with Crippen molar-refractivity contribution in [3.63, 3.8) is 0 Å². The van der Waals surface area contributed by atoms with Crippen LogP contribution < -0.4 is 15.4 Å². The van der Waals surface area contributed by atoms with Crippen LogP contribution in [0.15, 0.2) is 35.2 Å². The molecule has 0 spiro atoms. The van der Waals surface area contributed by atoms with Crippen molar-refractivity contribution in [3.8, 4) is 0 Å². The summed E-state index contributed by atoms with van der Waals surface area (Å²) >= 11 is 0. The molecule has 3 rings (SSSR count). The molecule has 168 valence electrons. The standard InChI is InChI=1S/C21H33N3O5S/c25-15-20-19(24-21(26)23-16-7-3-1-4-8-16)12-11-17(29-20)13-14-22-30(27,28)18-9-5-2-6-10-18/h2,5-6,9-10,16-17,19-20,22,25H,1,3-4,7-8,11-15H2,(H2,23,24,26)/t17-,19+,20+/m0/s1. The highest BCUT2D eigenvalue weighted by atomic mass is 32.2. The van der Waals surface area contributed by atoms with Gasteiger partial charge in [0, 0.05) is 12.6 Å². The highest BCUT2D eigenvalue weighted by molar-refractivity contribution is 7.89. The average molecular weight is 440 g/mol. The molecule has 1 aliphatic heterocycles. The van der Waals surface area contributed by atoms with Crippen LogP contribution in [0.4, 0.5) is 4.79 Å². The number of nitrogens with one attached hydrogen (secondary N) is 3. The minimum Gasteiger partial charge on any atom is -0.394 e. The number of carbonyl (C=O) groups excluding carboxylic acids is 1. The first-order valence-electron chi connectivity index (χ1n) is 10.9. The lowest BCUT2D eigenvalue weighted by Crippen LogP contribution is -2.55. The smallest absolute Gasteiger partial charge is 0.315 e. The van der Waals surface area contributed by atoms with E-state index in [0.717, 1.165) is 25.7 Å². The molecule has 2 fully saturated rings. The number of ether oxygens (including phenoxy) is 1. The molecule has 1 saturated carbocycles. The van der Waals surface area contributed by atoms with Crippen LogP contribution >= 0.6 is 0 Å². The van der Waals surface area contributed by atoms with Gasteiger partial charge in [-0.25, -0.2) is 17.9 Å². The van der Waals surface area contributed by atoms with Crippen LogP contribution in [0.25, 0.3) is 0 Å². The van der Waals surface area contributed by atoms with Gasteiger partial charge in [-0.2, -0.15) is 0 Å². The van der Waals surface area contributed by atoms with E-state index in [4.69, 9.17) is 4.74 Å². The zero-order valence-electron chi connectivity index (χ0n) is 17.3. The van der Waals surface area contributed by atoms with Crippen molar-refractivity contribution in [1.29, 1.82) is 0 Å². The molecule has 0 aromatic heterocycles. The SMILES string of the molecule is O=C(NC1CCCCC1)N[C@@H]1CC[C@@H](CCNS(=O)(=O)c2ccccc2)O[C@@H]1CO. The van der Waals surface area contributed by atoms with Gasteiger partial charge >= 0.3 is 6.03 Å². The Morgan fingerprint density at radius 2 is 1.77 bits per heavy atom. The van der Waals surface area contributed by atoms with Crippen molar-refractivity contribution in [2.45, 2.75) is 80.6 Å². The van der Waals surface area contributed by atoms with Crippen molar-refractivity contribution in [3.05, 3.63) is 30.3 Å². The molecule has 9 heteroatoms. The van der Waals surface area contributed by atoms with Crippen LogP contribution in [0, 0.1) is 0 Å². The fraction of sp³-hybridized carbons (Fsp3) is 0.667. The summed E-state index contributed by atoms with van der Waals surface area (Å²) in [7, 11) is -3.54. The van der Waals surface area contributed by atoms with Gasteiger partial charge in [-0.05, 0) is 44.2 Å². The summed E-state index contributed by atoms with van der Waals surface area (Å²) in [4.78, 5) is 12.5. The summed E-state index contributed by atoms with van der Waals surface area (Å²) in [6.45, 7) is 0.0565. The lowest BCUT2D eigenvalue weighted by Gasteiger charge is -2.36. The summed E-state index contributed by atoms with van der Waals surface area (Å²) < 4.78 is 33.1. The summed E-state index contributed by atoms with van der Waals surface area (Å²) in [6, 6.07) is 8.00. The largest absolute Gasteiger partial charge is 0.394 e. The summed E-state index contributed by atoms with van der Waals surface area (Å²) in [5.74, 6) is 0. The number of amides is 2. The molecule has 1 heterocycles. The third kappa shape index (κ3) is 6.66. The van der Waals surface area contributed by atoms with E-state index < -0.39 is 16.1 Å². The Morgan fingerprint density at radius 1 is 1.03 bits per heavy atom. The molecular weight excluding hydrogens is 406 g/mol. The average Bonchev–Trinajstić information content (AvgIpc) is 2.76. The predicted octanol–water partition coefficient (Wildman–Crippen LogP) is 1.90. The Bertz CT molecular complexity index is 768. The van der Waals surface area contributed by atoms with Crippen LogP contribution in [-0.2, 0) is 14.8 Å². The molecule has 8 nitrogen and oxygen atoms in total. The summed E-state index contributed by atoms with van der Waals surface area (Å²) in [5.41, 5.74) is 0. The van der Waals surface area contributed by atoms with Gasteiger partial charge in [-0.1, -0.05) is 37.5 Å². The van der Waals surface area contributed by atoms with Crippen molar-refractivity contribution < 1.29 is 23.1 Å². The third-order valence-corrected chi connectivity index (χ3v) is 7.34. The van der Waals surface area contributed by atoms with Gasteiger partial charge in [-0.3, -0.25) is 0 Å². The summed E-state index contributed by atoms with van der Waals surface area (Å²) in [5, 5.41) is 15.7. The predicted molar refractivity (Wildman–Crippen MR) is 114 cm³/mol. The Morgan fingerprint density at radius 3 is 2.47 bits per heavy atom. The normalized spacial score (nSPS) is 25.6. The van der Waals surface area contributed by atoms with Gasteiger partial charge in [0.2, 0.25) is 10.0 Å². The van der Waals surface area contributed by atoms with Crippen LogP contribution in [-0.4, -0.2) is 57.0 Å². The second kappa shape index (κ2) is 11.1. The van der Waals surface area contributed by atoms with Gasteiger partial charge < -0.3 is 20.5 Å². The molecule has 1 aromatic rings. The van der Waals surface area contributed by atoms with E-state index in [2.05, 4.69) is 15.4 Å². The lowest BCUT2D eigenvalue weighted by molar-refractivity contribution is -0.0887. The molecule has 30 heavy (non-hydrogen) atoms. The van der Waals surface area contributed by atoms with Crippen molar-refractivity contribution in [1.82, 2.24) is 15.4 Å². The highest BCUT2D eigenvalue weighted by Crippen LogP contribution is 2.22. The number of carbonyl (C=O) groups is 1. The van der Waals surface area contributed by atoms with Crippen LogP contribution in [0.3, 0.4) is 0 Å². The fourth-order valence-electron chi connectivity index (χ4n) is 4.19. The first-order valence-corrected chi connectivity index (χ1v) is 12.3. The minimum absolute atomic E-state index is 0.167. The topological polar surface area (TPSA) is 117 Å². The van der Waals surface area contributed by atoms with E-state index in [1.165, 1.54) is 6.42 Å². The molecule has 4 N–H and O–H groups in total. The molecule has 1 aliphatic carbocycles. The Labute approximate surface area is 178 Å². The van der Waals surface area contributed by atoms with Crippen LogP contribution in [0.1, 0.15) is 51.4 Å². The maximum absolute atomic E-state index is 12.3. The lowest BCUT2D eigenvalue weighted by atomic mass is 9.95. The number of aliphatic hydroxyl groups excluding tert-OH is 1. The molecule has 1 aromatic carbocycles. The molecule has 0 bridgehead atoms. The molecule has 1 saturated heterocycles. The van der Waals surface area contributed by atoms with Gasteiger partial charge in [0.05, 0.1) is 23.6 Å². The quantitative estimate of drug-likeness (QED) is 0.494. The molecule has 2 aliphatic rings. The van der Waals surface area contributed by atoms with Gasteiger partial charge in [-0.15, -0.1) is 0 Å². The number of hydrogen-bond donors (Lipinski definition) is 4. The molecule has 0 radical (unpaired) electrons. The van der Waals surface area contributed by atoms with Crippen molar-refractivity contribution in [2.24, 2.45) is 0 Å². The van der Waals surface area contributed by atoms with Crippen LogP contribution in [0.5, 0.6) is 0 Å². The van der Waals surface area contributed by atoms with Crippen molar-refractivity contribution >= 4 is 16.1 Å². The van der Waals surface area contributed by atoms with E-state index in [1.54, 1.807) is 30.3 Å². The van der Waals surface area contributed by atoms with E-state index in [-0.39, 0.29) is 42.3 Å². The zero-order chi connectivity index (χ0) is 21.4. The second-order valence-electron chi connectivity index (χ2n) is 8.12. The van der Waals surface area contributed by atoms with Crippen LogP contribution in [0.2, 0.25) is 0 Å². The van der Waals surface area contributed by atoms with E-state index in [1.807, 2.05) is 0 Å². The molecular formula is C21H33N3O5S. The molecule has 0 unspecified atom stereocenters. The Kier molecular flexibility index (Phi) is 8.50. The van der Waals surface area contributed by atoms with Gasteiger partial charge in [0.25, 0.3) is 0 Å². The number of aliphatic hydroxyl groups is 1. The highest BCUT2D eigenvalue weighted by Gasteiger charge is 2.32.